The van der Waals surface area contributed by atoms with E-state index < -0.39 is 5.91 Å². The SMILES string of the molecule is COc1cc(/C=C/C(=O)N/N=C/c2cccc(O)c2)c(Br)c(OC)c1OC. The number of rotatable bonds is 7. The van der Waals surface area contributed by atoms with E-state index in [4.69, 9.17) is 14.2 Å². The number of carbonyl (C=O) groups excluding carboxylic acids is 1. The van der Waals surface area contributed by atoms with Crippen LogP contribution >= 0.6 is 15.9 Å². The van der Waals surface area contributed by atoms with Gasteiger partial charge in [0.15, 0.2) is 11.5 Å². The third kappa shape index (κ3) is 5.24. The van der Waals surface area contributed by atoms with E-state index in [9.17, 15) is 9.90 Å². The number of halogens is 1. The molecule has 0 aliphatic heterocycles. The van der Waals surface area contributed by atoms with Crippen LogP contribution in [0.5, 0.6) is 23.0 Å². The van der Waals surface area contributed by atoms with E-state index in [2.05, 4.69) is 26.5 Å². The molecule has 0 unspecified atom stereocenters. The second-order valence-corrected chi connectivity index (χ2v) is 6.00. The Kier molecular flexibility index (Phi) is 7.25. The lowest BCUT2D eigenvalue weighted by Gasteiger charge is -2.15. The molecular formula is C19H19BrN2O5. The molecule has 0 bridgehead atoms. The standard InChI is InChI=1S/C19H19BrN2O5/c1-25-15-10-13(17(20)19(27-3)18(15)26-2)7-8-16(24)22-21-11-12-5-4-6-14(23)9-12/h4-11,23H,1-3H3,(H,22,24)/b8-7+,21-11+. The van der Waals surface area contributed by atoms with Crippen LogP contribution in [0.3, 0.4) is 0 Å². The first-order valence-corrected chi connectivity index (χ1v) is 8.58. The van der Waals surface area contributed by atoms with Gasteiger partial charge in [-0.15, -0.1) is 0 Å². The summed E-state index contributed by atoms with van der Waals surface area (Å²) >= 11 is 3.44. The Morgan fingerprint density at radius 1 is 1.15 bits per heavy atom. The van der Waals surface area contributed by atoms with Gasteiger partial charge in [0.2, 0.25) is 5.75 Å². The smallest absolute Gasteiger partial charge is 0.264 e. The van der Waals surface area contributed by atoms with Crippen molar-refractivity contribution >= 4 is 34.1 Å². The van der Waals surface area contributed by atoms with Crippen LogP contribution < -0.4 is 19.6 Å². The average molecular weight is 435 g/mol. The maximum atomic E-state index is 12.0. The summed E-state index contributed by atoms with van der Waals surface area (Å²) in [5, 5.41) is 13.2. The number of nitrogens with one attached hydrogen (secondary N) is 1. The molecule has 0 aliphatic carbocycles. The molecule has 0 aliphatic rings. The lowest BCUT2D eigenvalue weighted by atomic mass is 10.1. The number of amides is 1. The normalized spacial score (nSPS) is 11.0. The molecule has 0 atom stereocenters. The number of benzene rings is 2. The van der Waals surface area contributed by atoms with E-state index in [-0.39, 0.29) is 5.75 Å². The zero-order valence-electron chi connectivity index (χ0n) is 15.0. The van der Waals surface area contributed by atoms with Crippen molar-refractivity contribution in [1.29, 1.82) is 0 Å². The summed E-state index contributed by atoms with van der Waals surface area (Å²) in [7, 11) is 4.54. The molecule has 2 rings (SSSR count). The van der Waals surface area contributed by atoms with Gasteiger partial charge in [-0.25, -0.2) is 5.43 Å². The topological polar surface area (TPSA) is 89.4 Å². The molecule has 0 heterocycles. The van der Waals surface area contributed by atoms with Crippen molar-refractivity contribution in [2.75, 3.05) is 21.3 Å². The Morgan fingerprint density at radius 2 is 1.89 bits per heavy atom. The van der Waals surface area contributed by atoms with Gasteiger partial charge in [0, 0.05) is 6.08 Å². The summed E-state index contributed by atoms with van der Waals surface area (Å²) in [6.45, 7) is 0. The molecule has 0 fully saturated rings. The number of phenolic OH excluding ortho intramolecular Hbond substituents is 1. The van der Waals surface area contributed by atoms with Gasteiger partial charge < -0.3 is 19.3 Å². The van der Waals surface area contributed by atoms with E-state index in [0.29, 0.717) is 32.8 Å². The van der Waals surface area contributed by atoms with E-state index >= 15 is 0 Å². The molecule has 2 N–H and O–H groups in total. The highest BCUT2D eigenvalue weighted by atomic mass is 79.9. The number of hydrazone groups is 1. The van der Waals surface area contributed by atoms with Crippen LogP contribution in [-0.4, -0.2) is 38.6 Å². The van der Waals surface area contributed by atoms with Crippen molar-refractivity contribution in [2.24, 2.45) is 5.10 Å². The highest BCUT2D eigenvalue weighted by molar-refractivity contribution is 9.10. The first-order valence-electron chi connectivity index (χ1n) is 7.78. The molecule has 142 valence electrons. The summed E-state index contributed by atoms with van der Waals surface area (Å²) in [4.78, 5) is 12.0. The van der Waals surface area contributed by atoms with Crippen molar-refractivity contribution in [1.82, 2.24) is 5.43 Å². The molecule has 0 saturated heterocycles. The predicted octanol–water partition coefficient (Wildman–Crippen LogP) is 3.34. The fourth-order valence-corrected chi connectivity index (χ4v) is 2.83. The molecule has 2 aromatic rings. The summed E-state index contributed by atoms with van der Waals surface area (Å²) in [6.07, 6.45) is 4.35. The summed E-state index contributed by atoms with van der Waals surface area (Å²) in [6, 6.07) is 8.22. The Morgan fingerprint density at radius 3 is 2.52 bits per heavy atom. The zero-order chi connectivity index (χ0) is 19.8. The number of methoxy groups -OCH3 is 3. The molecule has 0 saturated carbocycles. The van der Waals surface area contributed by atoms with Crippen LogP contribution in [-0.2, 0) is 4.79 Å². The lowest BCUT2D eigenvalue weighted by Crippen LogP contribution is -2.14. The Balaban J connectivity index is 2.13. The monoisotopic (exact) mass is 434 g/mol. The Bertz CT molecular complexity index is 881. The number of carbonyl (C=O) groups is 1. The van der Waals surface area contributed by atoms with E-state index in [1.54, 1.807) is 30.3 Å². The quantitative estimate of drug-likeness (QED) is 0.396. The number of hydrogen-bond acceptors (Lipinski definition) is 6. The van der Waals surface area contributed by atoms with E-state index in [1.165, 1.54) is 39.7 Å². The van der Waals surface area contributed by atoms with Crippen LogP contribution in [0.15, 0.2) is 46.0 Å². The van der Waals surface area contributed by atoms with E-state index in [1.807, 2.05) is 0 Å². The fourth-order valence-electron chi connectivity index (χ4n) is 2.24. The maximum absolute atomic E-state index is 12.0. The van der Waals surface area contributed by atoms with Crippen molar-refractivity contribution in [2.45, 2.75) is 0 Å². The molecule has 1 amide bonds. The highest BCUT2D eigenvalue weighted by Crippen LogP contribution is 2.45. The molecule has 0 aromatic heterocycles. The van der Waals surface area contributed by atoms with Crippen LogP contribution in [0.1, 0.15) is 11.1 Å². The first kappa shape index (κ1) is 20.3. The van der Waals surface area contributed by atoms with Gasteiger partial charge in [-0.3, -0.25) is 4.79 Å². The second kappa shape index (κ2) is 9.63. The minimum absolute atomic E-state index is 0.123. The highest BCUT2D eigenvalue weighted by Gasteiger charge is 2.17. The number of aromatic hydroxyl groups is 1. The van der Waals surface area contributed by atoms with Crippen LogP contribution in [0, 0.1) is 0 Å². The van der Waals surface area contributed by atoms with Crippen LogP contribution in [0.25, 0.3) is 6.08 Å². The molecule has 8 heteroatoms. The minimum Gasteiger partial charge on any atom is -0.508 e. The molecule has 0 radical (unpaired) electrons. The van der Waals surface area contributed by atoms with Gasteiger partial charge in [0.25, 0.3) is 5.91 Å². The molecule has 27 heavy (non-hydrogen) atoms. The van der Waals surface area contributed by atoms with Gasteiger partial charge in [0.05, 0.1) is 32.0 Å². The van der Waals surface area contributed by atoms with Gasteiger partial charge in [-0.2, -0.15) is 5.10 Å². The Hall–Kier alpha value is -3.00. The molecule has 2 aromatic carbocycles. The summed E-state index contributed by atoms with van der Waals surface area (Å²) in [5.41, 5.74) is 3.70. The minimum atomic E-state index is -0.424. The van der Waals surface area contributed by atoms with Crippen molar-refractivity contribution in [3.8, 4) is 23.0 Å². The number of ether oxygens (including phenoxy) is 3. The van der Waals surface area contributed by atoms with Crippen molar-refractivity contribution < 1.29 is 24.1 Å². The number of phenols is 1. The van der Waals surface area contributed by atoms with Gasteiger partial charge in [-0.1, -0.05) is 12.1 Å². The van der Waals surface area contributed by atoms with Crippen LogP contribution in [0.4, 0.5) is 0 Å². The summed E-state index contributed by atoms with van der Waals surface area (Å²) < 4.78 is 16.6. The largest absolute Gasteiger partial charge is 0.508 e. The third-order valence-electron chi connectivity index (χ3n) is 3.47. The lowest BCUT2D eigenvalue weighted by molar-refractivity contribution is -0.116. The average Bonchev–Trinajstić information content (AvgIpc) is 2.66. The molecule has 0 spiro atoms. The fraction of sp³-hybridized carbons (Fsp3) is 0.158. The van der Waals surface area contributed by atoms with Gasteiger partial charge in [-0.05, 0) is 51.3 Å². The van der Waals surface area contributed by atoms with Gasteiger partial charge in [0.1, 0.15) is 5.75 Å². The van der Waals surface area contributed by atoms with Crippen molar-refractivity contribution in [3.05, 3.63) is 52.0 Å². The summed E-state index contributed by atoms with van der Waals surface area (Å²) in [5.74, 6) is 1.08. The van der Waals surface area contributed by atoms with Gasteiger partial charge >= 0.3 is 0 Å². The first-order chi connectivity index (χ1) is 13.0. The maximum Gasteiger partial charge on any atom is 0.264 e. The zero-order valence-corrected chi connectivity index (χ0v) is 16.6. The number of nitrogens with zero attached hydrogens (tertiary/aromatic N) is 1. The van der Waals surface area contributed by atoms with Crippen molar-refractivity contribution in [3.63, 3.8) is 0 Å². The molecule has 7 nitrogen and oxygen atoms in total. The molecular weight excluding hydrogens is 416 g/mol. The third-order valence-corrected chi connectivity index (χ3v) is 4.29. The van der Waals surface area contributed by atoms with Crippen LogP contribution in [0.2, 0.25) is 0 Å². The van der Waals surface area contributed by atoms with E-state index in [0.717, 1.165) is 0 Å². The Labute approximate surface area is 165 Å². The second-order valence-electron chi connectivity index (χ2n) is 5.21. The predicted molar refractivity (Wildman–Crippen MR) is 107 cm³/mol. The number of hydrogen-bond donors (Lipinski definition) is 2.